The summed E-state index contributed by atoms with van der Waals surface area (Å²) >= 11 is 0. The normalized spacial score (nSPS) is 10.8. The first-order valence-corrected chi connectivity index (χ1v) is 5.06. The lowest BCUT2D eigenvalue weighted by molar-refractivity contribution is 0.0696. The number of urea groups is 1. The molecule has 92 valence electrons. The first-order chi connectivity index (χ1) is 7.78. The molecular formula is C11H15N3O3. The van der Waals surface area contributed by atoms with Crippen molar-refractivity contribution in [2.24, 2.45) is 0 Å². The number of carbonyl (C=O) groups excluding carboxylic acids is 1. The first-order valence-electron chi connectivity index (χ1n) is 5.06. The summed E-state index contributed by atoms with van der Waals surface area (Å²) in [6.07, 6.45) is 1.19. The van der Waals surface area contributed by atoms with Crippen LogP contribution in [0.3, 0.4) is 0 Å². The van der Waals surface area contributed by atoms with Gasteiger partial charge in [0.1, 0.15) is 5.82 Å². The van der Waals surface area contributed by atoms with Crippen LogP contribution in [0, 0.1) is 0 Å². The Morgan fingerprint density at radius 2 is 1.94 bits per heavy atom. The standard InChI is InChI=1S/C11H15N3O3/c1-11(2,3)14-10(17)13-8-5-4-7(6-12-8)9(15)16/h4-6H,1-3H3,(H,15,16)(H2,12,13,14,17). The van der Waals surface area contributed by atoms with Gasteiger partial charge in [-0.25, -0.2) is 14.6 Å². The van der Waals surface area contributed by atoms with Crippen LogP contribution in [0.4, 0.5) is 10.6 Å². The fourth-order valence-electron chi connectivity index (χ4n) is 1.08. The summed E-state index contributed by atoms with van der Waals surface area (Å²) in [4.78, 5) is 25.9. The van der Waals surface area contributed by atoms with Crippen molar-refractivity contribution in [3.05, 3.63) is 23.9 Å². The summed E-state index contributed by atoms with van der Waals surface area (Å²) in [5.41, 5.74) is -0.266. The summed E-state index contributed by atoms with van der Waals surface area (Å²) < 4.78 is 0. The number of pyridine rings is 1. The quantitative estimate of drug-likeness (QED) is 0.730. The van der Waals surface area contributed by atoms with Gasteiger partial charge >= 0.3 is 12.0 Å². The number of carboxylic acid groups (broad SMARTS) is 1. The molecule has 6 nitrogen and oxygen atoms in total. The second-order valence-corrected chi connectivity index (χ2v) is 4.57. The maximum Gasteiger partial charge on any atom is 0.337 e. The number of hydrogen-bond acceptors (Lipinski definition) is 3. The molecule has 0 aliphatic rings. The molecule has 0 aliphatic carbocycles. The molecule has 0 bridgehead atoms. The molecule has 1 heterocycles. The number of aromatic nitrogens is 1. The van der Waals surface area contributed by atoms with Crippen molar-refractivity contribution < 1.29 is 14.7 Å². The Morgan fingerprint density at radius 1 is 1.29 bits per heavy atom. The lowest BCUT2D eigenvalue weighted by Gasteiger charge is -2.20. The second-order valence-electron chi connectivity index (χ2n) is 4.57. The number of hydrogen-bond donors (Lipinski definition) is 3. The van der Waals surface area contributed by atoms with E-state index < -0.39 is 5.97 Å². The van der Waals surface area contributed by atoms with Gasteiger partial charge in [0.05, 0.1) is 5.56 Å². The van der Waals surface area contributed by atoms with Gasteiger partial charge in [-0.15, -0.1) is 0 Å². The van der Waals surface area contributed by atoms with Gasteiger partial charge in [-0.05, 0) is 32.9 Å². The van der Waals surface area contributed by atoms with Crippen molar-refractivity contribution in [2.45, 2.75) is 26.3 Å². The van der Waals surface area contributed by atoms with Gasteiger partial charge in [0.25, 0.3) is 0 Å². The SMILES string of the molecule is CC(C)(C)NC(=O)Nc1ccc(C(=O)O)cn1. The molecule has 3 N–H and O–H groups in total. The van der Waals surface area contributed by atoms with E-state index in [1.165, 1.54) is 18.3 Å². The Kier molecular flexibility index (Phi) is 3.67. The summed E-state index contributed by atoms with van der Waals surface area (Å²) in [7, 11) is 0. The van der Waals surface area contributed by atoms with Crippen molar-refractivity contribution in [1.29, 1.82) is 0 Å². The van der Waals surface area contributed by atoms with Crippen molar-refractivity contribution >= 4 is 17.8 Å². The Bertz CT molecular complexity index is 421. The molecular weight excluding hydrogens is 222 g/mol. The summed E-state index contributed by atoms with van der Waals surface area (Å²) in [6.45, 7) is 5.56. The molecule has 0 aromatic carbocycles. The van der Waals surface area contributed by atoms with E-state index in [0.29, 0.717) is 5.82 Å². The van der Waals surface area contributed by atoms with Crippen LogP contribution in [-0.4, -0.2) is 27.6 Å². The third-order valence-electron chi connectivity index (χ3n) is 1.74. The molecule has 1 aromatic heterocycles. The van der Waals surface area contributed by atoms with E-state index in [9.17, 15) is 9.59 Å². The zero-order valence-corrected chi connectivity index (χ0v) is 9.94. The van der Waals surface area contributed by atoms with Crippen LogP contribution in [0.1, 0.15) is 31.1 Å². The Morgan fingerprint density at radius 3 is 2.35 bits per heavy atom. The molecule has 0 saturated carbocycles. The van der Waals surface area contributed by atoms with Gasteiger partial charge in [0.2, 0.25) is 0 Å². The predicted octanol–water partition coefficient (Wildman–Crippen LogP) is 1.70. The molecule has 2 amide bonds. The van der Waals surface area contributed by atoms with E-state index in [2.05, 4.69) is 15.6 Å². The summed E-state index contributed by atoms with van der Waals surface area (Å²) in [5, 5.41) is 13.9. The van der Waals surface area contributed by atoms with Crippen LogP contribution in [0.15, 0.2) is 18.3 Å². The topological polar surface area (TPSA) is 91.3 Å². The molecule has 0 aliphatic heterocycles. The van der Waals surface area contributed by atoms with Gasteiger partial charge in [-0.3, -0.25) is 5.32 Å². The minimum atomic E-state index is -1.05. The molecule has 0 spiro atoms. The smallest absolute Gasteiger partial charge is 0.337 e. The van der Waals surface area contributed by atoms with Crippen LogP contribution in [0.2, 0.25) is 0 Å². The second kappa shape index (κ2) is 4.82. The fourth-order valence-corrected chi connectivity index (χ4v) is 1.08. The van der Waals surface area contributed by atoms with Gasteiger partial charge in [-0.2, -0.15) is 0 Å². The fraction of sp³-hybridized carbons (Fsp3) is 0.364. The number of carbonyl (C=O) groups is 2. The minimum Gasteiger partial charge on any atom is -0.478 e. The number of rotatable bonds is 2. The Labute approximate surface area is 99.1 Å². The molecule has 0 radical (unpaired) electrons. The number of nitrogens with one attached hydrogen (secondary N) is 2. The van der Waals surface area contributed by atoms with Gasteiger partial charge in [-0.1, -0.05) is 0 Å². The van der Waals surface area contributed by atoms with Crippen molar-refractivity contribution in [3.63, 3.8) is 0 Å². The molecule has 1 aromatic rings. The maximum atomic E-state index is 11.5. The lowest BCUT2D eigenvalue weighted by atomic mass is 10.1. The van der Waals surface area contributed by atoms with Crippen molar-refractivity contribution in [2.75, 3.05) is 5.32 Å². The van der Waals surface area contributed by atoms with Crippen molar-refractivity contribution in [3.8, 4) is 0 Å². The van der Waals surface area contributed by atoms with E-state index in [0.717, 1.165) is 0 Å². The third kappa shape index (κ3) is 4.50. The zero-order valence-electron chi connectivity index (χ0n) is 9.94. The lowest BCUT2D eigenvalue weighted by Crippen LogP contribution is -2.43. The van der Waals surface area contributed by atoms with E-state index in [-0.39, 0.29) is 17.1 Å². The molecule has 6 heteroatoms. The molecule has 0 unspecified atom stereocenters. The summed E-state index contributed by atoms with van der Waals surface area (Å²) in [6, 6.07) is 2.43. The van der Waals surface area contributed by atoms with E-state index in [1.807, 2.05) is 20.8 Å². The summed E-state index contributed by atoms with van der Waals surface area (Å²) in [5.74, 6) is -0.750. The third-order valence-corrected chi connectivity index (χ3v) is 1.74. The average Bonchev–Trinajstić information content (AvgIpc) is 2.15. The Balaban J connectivity index is 2.64. The highest BCUT2D eigenvalue weighted by Gasteiger charge is 2.13. The highest BCUT2D eigenvalue weighted by molar-refractivity contribution is 5.90. The molecule has 0 fully saturated rings. The molecule has 1 rings (SSSR count). The van der Waals surface area contributed by atoms with Crippen LogP contribution < -0.4 is 10.6 Å². The highest BCUT2D eigenvalue weighted by Crippen LogP contribution is 2.06. The van der Waals surface area contributed by atoms with Crippen LogP contribution in [0.5, 0.6) is 0 Å². The van der Waals surface area contributed by atoms with E-state index in [1.54, 1.807) is 0 Å². The maximum absolute atomic E-state index is 11.5. The van der Waals surface area contributed by atoms with Crippen LogP contribution >= 0.6 is 0 Å². The predicted molar refractivity (Wildman–Crippen MR) is 63.1 cm³/mol. The number of nitrogens with zero attached hydrogens (tertiary/aromatic N) is 1. The minimum absolute atomic E-state index is 0.0757. The van der Waals surface area contributed by atoms with Crippen molar-refractivity contribution in [1.82, 2.24) is 10.3 Å². The van der Waals surface area contributed by atoms with Gasteiger partial charge in [0.15, 0.2) is 0 Å². The number of carboxylic acids is 1. The molecule has 17 heavy (non-hydrogen) atoms. The zero-order chi connectivity index (χ0) is 13.1. The number of aromatic carboxylic acids is 1. The largest absolute Gasteiger partial charge is 0.478 e. The number of amides is 2. The average molecular weight is 237 g/mol. The van der Waals surface area contributed by atoms with E-state index in [4.69, 9.17) is 5.11 Å². The monoisotopic (exact) mass is 237 g/mol. The molecule has 0 atom stereocenters. The Hall–Kier alpha value is -2.11. The first kappa shape index (κ1) is 13.0. The number of anilines is 1. The van der Waals surface area contributed by atoms with E-state index >= 15 is 0 Å². The van der Waals surface area contributed by atoms with Gasteiger partial charge in [0, 0.05) is 11.7 Å². The van der Waals surface area contributed by atoms with Gasteiger partial charge < -0.3 is 10.4 Å². The van der Waals surface area contributed by atoms with Crippen LogP contribution in [-0.2, 0) is 0 Å². The van der Waals surface area contributed by atoms with Crippen LogP contribution in [0.25, 0.3) is 0 Å². The highest BCUT2D eigenvalue weighted by atomic mass is 16.4. The molecule has 0 saturated heterocycles.